The van der Waals surface area contributed by atoms with E-state index < -0.39 is 0 Å². The van der Waals surface area contributed by atoms with Gasteiger partial charge in [-0.2, -0.15) is 0 Å². The molecule has 0 bridgehead atoms. The standard InChI is InChI=1S/C11H13ClN2O2/c1-2-5-14(6-7-15)11(16)9-8-13-4-3-10(9)12/h2-4,8,15H,1,5-7H2. The lowest BCUT2D eigenvalue weighted by atomic mass is 10.2. The van der Waals surface area contributed by atoms with Crippen LogP contribution in [0.1, 0.15) is 10.4 Å². The Morgan fingerprint density at radius 3 is 3.00 bits per heavy atom. The van der Waals surface area contributed by atoms with Gasteiger partial charge in [0.05, 0.1) is 17.2 Å². The second kappa shape index (κ2) is 6.25. The number of rotatable bonds is 5. The molecule has 0 atom stereocenters. The summed E-state index contributed by atoms with van der Waals surface area (Å²) in [4.78, 5) is 17.3. The summed E-state index contributed by atoms with van der Waals surface area (Å²) in [6.07, 6.45) is 4.53. The minimum absolute atomic E-state index is 0.0997. The van der Waals surface area contributed by atoms with Gasteiger partial charge >= 0.3 is 0 Å². The number of carbonyl (C=O) groups is 1. The highest BCUT2D eigenvalue weighted by Crippen LogP contribution is 2.15. The molecule has 4 nitrogen and oxygen atoms in total. The number of aliphatic hydroxyl groups is 1. The molecule has 1 rings (SSSR count). The number of carbonyl (C=O) groups excluding carboxylic acids is 1. The lowest BCUT2D eigenvalue weighted by Gasteiger charge is -2.20. The molecule has 0 aliphatic heterocycles. The number of hydrogen-bond donors (Lipinski definition) is 1. The summed E-state index contributed by atoms with van der Waals surface area (Å²) in [7, 11) is 0. The molecule has 1 heterocycles. The van der Waals surface area contributed by atoms with Gasteiger partial charge in [0.15, 0.2) is 0 Å². The first kappa shape index (κ1) is 12.7. The van der Waals surface area contributed by atoms with Crippen LogP contribution in [-0.2, 0) is 0 Å². The quantitative estimate of drug-likeness (QED) is 0.791. The minimum atomic E-state index is -0.257. The first-order valence-corrected chi connectivity index (χ1v) is 5.19. The summed E-state index contributed by atoms with van der Waals surface area (Å²) in [6, 6.07) is 1.56. The maximum atomic E-state index is 12.0. The number of halogens is 1. The smallest absolute Gasteiger partial charge is 0.257 e. The molecule has 1 N–H and O–H groups in total. The molecule has 0 aliphatic carbocycles. The minimum Gasteiger partial charge on any atom is -0.395 e. The van der Waals surface area contributed by atoms with Crippen molar-refractivity contribution < 1.29 is 9.90 Å². The first-order valence-electron chi connectivity index (χ1n) is 4.81. The summed E-state index contributed by atoms with van der Waals surface area (Å²) in [6.45, 7) is 4.07. The first-order chi connectivity index (χ1) is 7.70. The molecule has 86 valence electrons. The van der Waals surface area contributed by atoms with Crippen molar-refractivity contribution >= 4 is 17.5 Å². The summed E-state index contributed by atoms with van der Waals surface area (Å²) in [5.41, 5.74) is 0.333. The third kappa shape index (κ3) is 3.05. The number of aliphatic hydroxyl groups excluding tert-OH is 1. The van der Waals surface area contributed by atoms with Gasteiger partial charge in [-0.15, -0.1) is 6.58 Å². The zero-order chi connectivity index (χ0) is 12.0. The third-order valence-corrected chi connectivity index (χ3v) is 2.33. The fraction of sp³-hybridized carbons (Fsp3) is 0.273. The Bertz CT molecular complexity index is 382. The van der Waals surface area contributed by atoms with E-state index in [1.807, 2.05) is 0 Å². The summed E-state index contributed by atoms with van der Waals surface area (Å²) >= 11 is 5.89. The van der Waals surface area contributed by atoms with Crippen LogP contribution in [0.4, 0.5) is 0 Å². The summed E-state index contributed by atoms with van der Waals surface area (Å²) < 4.78 is 0. The molecule has 1 aromatic rings. The van der Waals surface area contributed by atoms with E-state index in [0.717, 1.165) is 0 Å². The van der Waals surface area contributed by atoms with Crippen LogP contribution in [0.15, 0.2) is 31.1 Å². The topological polar surface area (TPSA) is 53.4 Å². The molecule has 0 spiro atoms. The van der Waals surface area contributed by atoms with Gasteiger partial charge < -0.3 is 10.0 Å². The van der Waals surface area contributed by atoms with Crippen molar-refractivity contribution in [3.8, 4) is 0 Å². The Morgan fingerprint density at radius 2 is 2.44 bits per heavy atom. The molecule has 1 amide bonds. The molecule has 0 aliphatic rings. The Balaban J connectivity index is 2.89. The van der Waals surface area contributed by atoms with Crippen LogP contribution in [0.25, 0.3) is 0 Å². The van der Waals surface area contributed by atoms with E-state index >= 15 is 0 Å². The fourth-order valence-corrected chi connectivity index (χ4v) is 1.44. The highest BCUT2D eigenvalue weighted by molar-refractivity contribution is 6.33. The van der Waals surface area contributed by atoms with Crippen molar-refractivity contribution in [2.24, 2.45) is 0 Å². The van der Waals surface area contributed by atoms with Crippen LogP contribution < -0.4 is 0 Å². The van der Waals surface area contributed by atoms with Gasteiger partial charge in [-0.05, 0) is 6.07 Å². The lowest BCUT2D eigenvalue weighted by Crippen LogP contribution is -2.33. The molecule has 0 fully saturated rings. The van der Waals surface area contributed by atoms with E-state index in [4.69, 9.17) is 16.7 Å². The molecular weight excluding hydrogens is 228 g/mol. The highest BCUT2D eigenvalue weighted by atomic mass is 35.5. The monoisotopic (exact) mass is 240 g/mol. The molecule has 0 saturated heterocycles. The van der Waals surface area contributed by atoms with Crippen molar-refractivity contribution in [2.45, 2.75) is 0 Å². The lowest BCUT2D eigenvalue weighted by molar-refractivity contribution is 0.0742. The predicted molar refractivity (Wildman–Crippen MR) is 62.4 cm³/mol. The molecule has 16 heavy (non-hydrogen) atoms. The average molecular weight is 241 g/mol. The second-order valence-electron chi connectivity index (χ2n) is 3.12. The molecular formula is C11H13ClN2O2. The van der Waals surface area contributed by atoms with Crippen LogP contribution in [0.2, 0.25) is 5.02 Å². The van der Waals surface area contributed by atoms with Crippen molar-refractivity contribution in [3.63, 3.8) is 0 Å². The summed E-state index contributed by atoms with van der Waals surface area (Å²) in [5, 5.41) is 9.21. The Morgan fingerprint density at radius 1 is 1.69 bits per heavy atom. The van der Waals surface area contributed by atoms with E-state index in [1.54, 1.807) is 12.1 Å². The van der Waals surface area contributed by atoms with Crippen molar-refractivity contribution in [3.05, 3.63) is 41.7 Å². The normalized spacial score (nSPS) is 9.88. The van der Waals surface area contributed by atoms with Crippen LogP contribution in [0.3, 0.4) is 0 Å². The zero-order valence-electron chi connectivity index (χ0n) is 8.77. The van der Waals surface area contributed by atoms with Crippen LogP contribution in [-0.4, -0.2) is 40.6 Å². The number of pyridine rings is 1. The number of aromatic nitrogens is 1. The number of amides is 1. The Kier molecular flexibility index (Phi) is 4.95. The molecule has 0 unspecified atom stereocenters. The van der Waals surface area contributed by atoms with E-state index in [9.17, 15) is 4.79 Å². The maximum Gasteiger partial charge on any atom is 0.257 e. The van der Waals surface area contributed by atoms with Crippen molar-refractivity contribution in [1.29, 1.82) is 0 Å². The van der Waals surface area contributed by atoms with E-state index in [-0.39, 0.29) is 19.1 Å². The Labute approximate surface area is 99.2 Å². The van der Waals surface area contributed by atoms with Gasteiger partial charge in [0.2, 0.25) is 0 Å². The molecule has 1 aromatic heterocycles. The molecule has 0 radical (unpaired) electrons. The summed E-state index contributed by atoms with van der Waals surface area (Å²) in [5.74, 6) is -0.257. The SMILES string of the molecule is C=CCN(CCO)C(=O)c1cnccc1Cl. The van der Waals surface area contributed by atoms with Crippen molar-refractivity contribution in [1.82, 2.24) is 9.88 Å². The van der Waals surface area contributed by atoms with Crippen molar-refractivity contribution in [2.75, 3.05) is 19.7 Å². The largest absolute Gasteiger partial charge is 0.395 e. The average Bonchev–Trinajstić information content (AvgIpc) is 2.28. The van der Waals surface area contributed by atoms with Gasteiger partial charge in [0.1, 0.15) is 0 Å². The second-order valence-corrected chi connectivity index (χ2v) is 3.53. The zero-order valence-corrected chi connectivity index (χ0v) is 9.52. The van der Waals surface area contributed by atoms with E-state index in [0.29, 0.717) is 17.1 Å². The van der Waals surface area contributed by atoms with Gasteiger partial charge in [-0.25, -0.2) is 0 Å². The highest BCUT2D eigenvalue weighted by Gasteiger charge is 2.16. The van der Waals surface area contributed by atoms with Crippen LogP contribution in [0.5, 0.6) is 0 Å². The Hall–Kier alpha value is -1.39. The molecule has 0 saturated carbocycles. The number of nitrogens with zero attached hydrogens (tertiary/aromatic N) is 2. The molecule has 0 aromatic carbocycles. The molecule has 5 heteroatoms. The fourth-order valence-electron chi connectivity index (χ4n) is 1.26. The van der Waals surface area contributed by atoms with Crippen LogP contribution >= 0.6 is 11.6 Å². The predicted octanol–water partition coefficient (Wildman–Crippen LogP) is 1.36. The van der Waals surface area contributed by atoms with Gasteiger partial charge in [0.25, 0.3) is 5.91 Å². The van der Waals surface area contributed by atoms with E-state index in [2.05, 4.69) is 11.6 Å². The van der Waals surface area contributed by atoms with Gasteiger partial charge in [0, 0.05) is 25.5 Å². The number of hydrogen-bond acceptors (Lipinski definition) is 3. The van der Waals surface area contributed by atoms with Crippen LogP contribution in [0, 0.1) is 0 Å². The third-order valence-electron chi connectivity index (χ3n) is 2.00. The van der Waals surface area contributed by atoms with Gasteiger partial charge in [-0.3, -0.25) is 9.78 Å². The van der Waals surface area contributed by atoms with Gasteiger partial charge in [-0.1, -0.05) is 17.7 Å². The maximum absolute atomic E-state index is 12.0. The van der Waals surface area contributed by atoms with E-state index in [1.165, 1.54) is 17.3 Å².